The van der Waals surface area contributed by atoms with E-state index in [-0.39, 0.29) is 24.3 Å². The maximum absolute atomic E-state index is 14.0. The summed E-state index contributed by atoms with van der Waals surface area (Å²) in [5, 5.41) is 4.22. The minimum Gasteiger partial charge on any atom is -0.304 e. The van der Waals surface area contributed by atoms with E-state index in [1.165, 1.54) is 6.07 Å². The van der Waals surface area contributed by atoms with Crippen LogP contribution in [0.1, 0.15) is 43.7 Å². The van der Waals surface area contributed by atoms with Crippen molar-refractivity contribution in [3.63, 3.8) is 0 Å². The summed E-state index contributed by atoms with van der Waals surface area (Å²) in [6.07, 6.45) is 0.439. The molecule has 1 saturated heterocycles. The van der Waals surface area contributed by atoms with Crippen LogP contribution in [0.4, 0.5) is 13.2 Å². The molecule has 0 saturated carbocycles. The molecule has 0 radical (unpaired) electrons. The van der Waals surface area contributed by atoms with Gasteiger partial charge in [-0.1, -0.05) is 36.1 Å². The molecule has 0 unspecified atom stereocenters. The maximum atomic E-state index is 14.0. The van der Waals surface area contributed by atoms with Crippen LogP contribution in [0, 0.1) is 18.8 Å². The van der Waals surface area contributed by atoms with Gasteiger partial charge in [0.15, 0.2) is 11.4 Å². The van der Waals surface area contributed by atoms with E-state index in [2.05, 4.69) is 26.8 Å². The van der Waals surface area contributed by atoms with Crippen molar-refractivity contribution in [2.45, 2.75) is 26.1 Å². The third-order valence-corrected chi connectivity index (χ3v) is 7.00. The number of hydrogen-bond acceptors (Lipinski definition) is 5. The number of piperazine rings is 1. The number of fused-ring (bicyclic) bond motifs is 1. The summed E-state index contributed by atoms with van der Waals surface area (Å²) in [7, 11) is 2.01. The number of Topliss-reactive ketones (excluding diaryl/α,β-unsaturated/α-hetero) is 1. The van der Waals surface area contributed by atoms with Crippen LogP contribution in [0.3, 0.4) is 0 Å². The molecule has 0 atom stereocenters. The lowest BCUT2D eigenvalue weighted by atomic mass is 9.96. The number of ketones is 1. The Morgan fingerprint density at radius 3 is 2.56 bits per heavy atom. The second-order valence-corrected chi connectivity index (χ2v) is 9.89. The molecule has 5 rings (SSSR count). The van der Waals surface area contributed by atoms with Crippen LogP contribution in [0.15, 0.2) is 61.1 Å². The number of carbonyl (C=O) groups is 1. The predicted molar refractivity (Wildman–Crippen MR) is 142 cm³/mol. The second kappa shape index (κ2) is 11.0. The van der Waals surface area contributed by atoms with Gasteiger partial charge in [-0.05, 0) is 48.9 Å². The molecule has 6 nitrogen and oxygen atoms in total. The number of benzene rings is 2. The van der Waals surface area contributed by atoms with E-state index in [1.54, 1.807) is 53.4 Å². The number of halogens is 3. The zero-order valence-electron chi connectivity index (χ0n) is 21.8. The van der Waals surface area contributed by atoms with Gasteiger partial charge in [-0.15, -0.1) is 0 Å². The molecule has 2 aromatic heterocycles. The van der Waals surface area contributed by atoms with Gasteiger partial charge >= 0.3 is 6.18 Å². The largest absolute Gasteiger partial charge is 0.416 e. The lowest BCUT2D eigenvalue weighted by molar-refractivity contribution is -0.138. The summed E-state index contributed by atoms with van der Waals surface area (Å²) in [5.41, 5.74) is 3.13. The first-order valence-corrected chi connectivity index (χ1v) is 12.7. The molecule has 200 valence electrons. The molecule has 1 fully saturated rings. The predicted octanol–water partition coefficient (Wildman–Crippen LogP) is 4.63. The SMILES string of the molecule is Cc1ccc(C(=O)Cc2ccc(CN3CCN(C)CC3)c(C(F)(F)F)c2)cc1C#Cc1cnn2cccnc12. The zero-order chi connectivity index (χ0) is 27.6. The van der Waals surface area contributed by atoms with E-state index in [0.717, 1.165) is 37.8 Å². The first-order chi connectivity index (χ1) is 18.7. The molecule has 1 aliphatic rings. The Bertz CT molecular complexity index is 1570. The first-order valence-electron chi connectivity index (χ1n) is 12.7. The van der Waals surface area contributed by atoms with Gasteiger partial charge < -0.3 is 4.90 Å². The van der Waals surface area contributed by atoms with Gasteiger partial charge in [0.25, 0.3) is 0 Å². The van der Waals surface area contributed by atoms with Crippen LogP contribution in [-0.2, 0) is 19.1 Å². The van der Waals surface area contributed by atoms with Crippen molar-refractivity contribution in [3.8, 4) is 11.8 Å². The van der Waals surface area contributed by atoms with E-state index in [0.29, 0.717) is 27.9 Å². The monoisotopic (exact) mass is 531 g/mol. The molecule has 9 heteroatoms. The minimum absolute atomic E-state index is 0.133. The lowest BCUT2D eigenvalue weighted by Crippen LogP contribution is -2.44. The third-order valence-electron chi connectivity index (χ3n) is 7.00. The minimum atomic E-state index is -4.50. The van der Waals surface area contributed by atoms with E-state index < -0.39 is 11.7 Å². The average Bonchev–Trinajstić information content (AvgIpc) is 3.33. The molecule has 2 aromatic carbocycles. The second-order valence-electron chi connectivity index (χ2n) is 9.89. The molecule has 0 aliphatic carbocycles. The number of rotatable bonds is 5. The van der Waals surface area contributed by atoms with E-state index in [1.807, 2.05) is 18.9 Å². The van der Waals surface area contributed by atoms with Crippen LogP contribution in [0.2, 0.25) is 0 Å². The van der Waals surface area contributed by atoms with Crippen LogP contribution in [-0.4, -0.2) is 63.4 Å². The topological polar surface area (TPSA) is 53.7 Å². The highest BCUT2D eigenvalue weighted by atomic mass is 19.4. The summed E-state index contributed by atoms with van der Waals surface area (Å²) >= 11 is 0. The van der Waals surface area contributed by atoms with Crippen LogP contribution >= 0.6 is 0 Å². The number of aryl methyl sites for hydroxylation is 1. The fourth-order valence-electron chi connectivity index (χ4n) is 4.65. The van der Waals surface area contributed by atoms with Gasteiger partial charge in [-0.3, -0.25) is 9.69 Å². The maximum Gasteiger partial charge on any atom is 0.416 e. The van der Waals surface area contributed by atoms with E-state index in [9.17, 15) is 18.0 Å². The highest BCUT2D eigenvalue weighted by Crippen LogP contribution is 2.34. The van der Waals surface area contributed by atoms with Crippen molar-refractivity contribution in [2.75, 3.05) is 33.2 Å². The van der Waals surface area contributed by atoms with Gasteiger partial charge in [0, 0.05) is 62.7 Å². The quantitative estimate of drug-likeness (QED) is 0.278. The molecule has 4 aromatic rings. The van der Waals surface area contributed by atoms with Gasteiger partial charge in [-0.2, -0.15) is 18.3 Å². The highest BCUT2D eigenvalue weighted by Gasteiger charge is 2.34. The number of hydrogen-bond donors (Lipinski definition) is 0. The Labute approximate surface area is 225 Å². The zero-order valence-corrected chi connectivity index (χ0v) is 21.8. The molecule has 0 bridgehead atoms. The highest BCUT2D eigenvalue weighted by molar-refractivity contribution is 5.98. The van der Waals surface area contributed by atoms with Crippen LogP contribution < -0.4 is 0 Å². The standard InChI is InChI=1S/C30H28F3N5O/c1-21-4-6-24(18-23(21)8-9-25-19-35-38-11-3-10-34-29(25)38)28(39)17-22-5-7-26(27(16-22)30(31,32)33)20-37-14-12-36(2)13-15-37/h3-7,10-11,16,18-19H,12-15,17,20H2,1-2H3. The van der Waals surface area contributed by atoms with E-state index in [4.69, 9.17) is 0 Å². The molecular formula is C30H28F3N5O. The summed E-state index contributed by atoms with van der Waals surface area (Å²) in [5.74, 6) is 5.89. The van der Waals surface area contributed by atoms with Crippen molar-refractivity contribution in [3.05, 3.63) is 100.0 Å². The molecule has 1 aliphatic heterocycles. The summed E-state index contributed by atoms with van der Waals surface area (Å²) in [6, 6.07) is 11.2. The van der Waals surface area contributed by atoms with Crippen molar-refractivity contribution >= 4 is 11.4 Å². The smallest absolute Gasteiger partial charge is 0.304 e. The first kappa shape index (κ1) is 26.6. The number of aromatic nitrogens is 3. The fraction of sp³-hybridized carbons (Fsp3) is 0.300. The molecule has 3 heterocycles. The van der Waals surface area contributed by atoms with Crippen molar-refractivity contribution in [1.29, 1.82) is 0 Å². The molecule has 39 heavy (non-hydrogen) atoms. The van der Waals surface area contributed by atoms with Crippen LogP contribution in [0.5, 0.6) is 0 Å². The Balaban J connectivity index is 1.35. The normalized spacial score (nSPS) is 14.8. The number of likely N-dealkylation sites (N-methyl/N-ethyl adjacent to an activating group) is 1. The number of carbonyl (C=O) groups excluding carboxylic acids is 1. The molecule has 0 spiro atoms. The van der Waals surface area contributed by atoms with Crippen LogP contribution in [0.25, 0.3) is 5.65 Å². The third kappa shape index (κ3) is 6.19. The van der Waals surface area contributed by atoms with E-state index >= 15 is 0 Å². The van der Waals surface area contributed by atoms with Crippen molar-refractivity contribution in [1.82, 2.24) is 24.4 Å². The molecule has 0 N–H and O–H groups in total. The van der Waals surface area contributed by atoms with Crippen molar-refractivity contribution in [2.24, 2.45) is 0 Å². The van der Waals surface area contributed by atoms with Gasteiger partial charge in [0.2, 0.25) is 0 Å². The average molecular weight is 532 g/mol. The number of alkyl halides is 3. The van der Waals surface area contributed by atoms with Crippen molar-refractivity contribution < 1.29 is 18.0 Å². The fourth-order valence-corrected chi connectivity index (χ4v) is 4.65. The Morgan fingerprint density at radius 2 is 1.79 bits per heavy atom. The Morgan fingerprint density at radius 1 is 1.03 bits per heavy atom. The van der Waals surface area contributed by atoms with Gasteiger partial charge in [0.05, 0.1) is 17.3 Å². The van der Waals surface area contributed by atoms with Gasteiger partial charge in [-0.25, -0.2) is 9.50 Å². The van der Waals surface area contributed by atoms with Gasteiger partial charge in [0.1, 0.15) is 0 Å². The summed E-state index contributed by atoms with van der Waals surface area (Å²) in [4.78, 5) is 21.6. The lowest BCUT2D eigenvalue weighted by Gasteiger charge is -2.33. The molecular weight excluding hydrogens is 503 g/mol. The number of nitrogens with zero attached hydrogens (tertiary/aromatic N) is 5. The molecule has 0 amide bonds. The summed E-state index contributed by atoms with van der Waals surface area (Å²) in [6.45, 7) is 5.22. The summed E-state index contributed by atoms with van der Waals surface area (Å²) < 4.78 is 43.5. The Hall–Kier alpha value is -4.00. The Kier molecular flexibility index (Phi) is 7.51.